The van der Waals surface area contributed by atoms with Crippen molar-refractivity contribution in [1.82, 2.24) is 0 Å². The van der Waals surface area contributed by atoms with Crippen LogP contribution >= 0.6 is 11.3 Å². The number of anilines is 1. The Balaban J connectivity index is 1.73. The van der Waals surface area contributed by atoms with Crippen molar-refractivity contribution in [1.29, 1.82) is 0 Å². The summed E-state index contributed by atoms with van der Waals surface area (Å²) >= 11 is 1.25. The van der Waals surface area contributed by atoms with E-state index in [0.717, 1.165) is 36.1 Å². The van der Waals surface area contributed by atoms with Crippen LogP contribution in [0.3, 0.4) is 0 Å². The van der Waals surface area contributed by atoms with Crippen molar-refractivity contribution >= 4 is 29.0 Å². The maximum Gasteiger partial charge on any atom is 0.512 e. The summed E-state index contributed by atoms with van der Waals surface area (Å²) in [5, 5.41) is 12.3. The normalized spacial score (nSPS) is 14.9. The van der Waals surface area contributed by atoms with E-state index < -0.39 is 6.16 Å². The van der Waals surface area contributed by atoms with E-state index in [1.807, 2.05) is 36.4 Å². The SMILES string of the molecule is O=C(O)Oc1sc(-c2ccccc2)cc1NCC(=O)C1CCCCC1. The van der Waals surface area contributed by atoms with E-state index in [0.29, 0.717) is 5.69 Å². The van der Waals surface area contributed by atoms with E-state index in [1.54, 1.807) is 0 Å². The Labute approximate surface area is 150 Å². The quantitative estimate of drug-likeness (QED) is 0.707. The minimum absolute atomic E-state index is 0.123. The Hall–Kier alpha value is -2.34. The van der Waals surface area contributed by atoms with Gasteiger partial charge in [-0.15, -0.1) is 0 Å². The molecule has 0 bridgehead atoms. The summed E-state index contributed by atoms with van der Waals surface area (Å²) in [6.45, 7) is 0.200. The molecule has 0 spiro atoms. The average Bonchev–Trinajstić information content (AvgIpc) is 3.03. The molecule has 3 rings (SSSR count). The second-order valence-corrected chi connectivity index (χ2v) is 7.22. The van der Waals surface area contributed by atoms with Crippen molar-refractivity contribution in [2.45, 2.75) is 32.1 Å². The number of hydrogen-bond acceptors (Lipinski definition) is 5. The molecule has 1 aliphatic carbocycles. The molecule has 1 aromatic heterocycles. The van der Waals surface area contributed by atoms with Crippen molar-refractivity contribution in [2.24, 2.45) is 5.92 Å². The third kappa shape index (κ3) is 4.60. The predicted octanol–water partition coefficient (Wildman–Crippen LogP) is 5.03. The molecule has 0 atom stereocenters. The highest BCUT2D eigenvalue weighted by molar-refractivity contribution is 7.18. The van der Waals surface area contributed by atoms with Crippen LogP contribution in [0.2, 0.25) is 0 Å². The van der Waals surface area contributed by atoms with Crippen LogP contribution in [-0.4, -0.2) is 23.6 Å². The Morgan fingerprint density at radius 2 is 1.88 bits per heavy atom. The maximum absolute atomic E-state index is 12.4. The van der Waals surface area contributed by atoms with Crippen LogP contribution in [0.1, 0.15) is 32.1 Å². The molecule has 0 unspecified atom stereocenters. The van der Waals surface area contributed by atoms with E-state index in [9.17, 15) is 9.59 Å². The van der Waals surface area contributed by atoms with Gasteiger partial charge in [0.25, 0.3) is 0 Å². The Kier molecular flexibility index (Phi) is 5.71. The molecule has 2 N–H and O–H groups in total. The lowest BCUT2D eigenvalue weighted by atomic mass is 9.86. The summed E-state index contributed by atoms with van der Waals surface area (Å²) in [4.78, 5) is 24.2. The van der Waals surface area contributed by atoms with Gasteiger partial charge in [0.1, 0.15) is 0 Å². The van der Waals surface area contributed by atoms with Crippen LogP contribution in [-0.2, 0) is 4.79 Å². The molecule has 1 aromatic carbocycles. The van der Waals surface area contributed by atoms with Gasteiger partial charge in [0.2, 0.25) is 5.06 Å². The lowest BCUT2D eigenvalue weighted by molar-refractivity contribution is -0.122. The summed E-state index contributed by atoms with van der Waals surface area (Å²) < 4.78 is 4.89. The first-order chi connectivity index (χ1) is 12.1. The summed E-state index contributed by atoms with van der Waals surface area (Å²) in [6, 6.07) is 11.5. The van der Waals surface area contributed by atoms with Gasteiger partial charge in [-0.2, -0.15) is 0 Å². The largest absolute Gasteiger partial charge is 0.512 e. The highest BCUT2D eigenvalue weighted by Crippen LogP contribution is 2.41. The lowest BCUT2D eigenvalue weighted by Gasteiger charge is -2.20. The Morgan fingerprint density at radius 3 is 2.56 bits per heavy atom. The molecule has 0 amide bonds. The van der Waals surface area contributed by atoms with E-state index in [2.05, 4.69) is 5.32 Å². The molecule has 1 saturated carbocycles. The van der Waals surface area contributed by atoms with Gasteiger partial charge >= 0.3 is 6.16 Å². The molecular formula is C19H21NO4S. The van der Waals surface area contributed by atoms with Crippen LogP contribution in [0, 0.1) is 5.92 Å². The van der Waals surface area contributed by atoms with Crippen molar-refractivity contribution in [3.63, 3.8) is 0 Å². The zero-order valence-corrected chi connectivity index (χ0v) is 14.7. The second kappa shape index (κ2) is 8.16. The molecule has 2 aromatic rings. The van der Waals surface area contributed by atoms with Crippen molar-refractivity contribution in [3.05, 3.63) is 36.4 Å². The molecule has 1 aliphatic rings. The molecule has 6 heteroatoms. The van der Waals surface area contributed by atoms with Gasteiger partial charge < -0.3 is 15.2 Å². The average molecular weight is 359 g/mol. The van der Waals surface area contributed by atoms with Crippen molar-refractivity contribution in [3.8, 4) is 15.5 Å². The standard InChI is InChI=1S/C19H21NO4S/c21-16(13-7-3-1-4-8-13)12-20-15-11-17(14-9-5-2-6-10-14)25-18(15)24-19(22)23/h2,5-6,9-11,13,20H,1,3-4,7-8,12H2,(H,22,23). The van der Waals surface area contributed by atoms with E-state index in [1.165, 1.54) is 17.8 Å². The number of ketones is 1. The topological polar surface area (TPSA) is 75.6 Å². The van der Waals surface area contributed by atoms with E-state index in [4.69, 9.17) is 9.84 Å². The summed E-state index contributed by atoms with van der Waals surface area (Å²) in [5.74, 6) is 0.311. The number of carboxylic acid groups (broad SMARTS) is 1. The molecule has 0 aliphatic heterocycles. The van der Waals surface area contributed by atoms with Crippen LogP contribution in [0.5, 0.6) is 5.06 Å². The van der Waals surface area contributed by atoms with E-state index >= 15 is 0 Å². The van der Waals surface area contributed by atoms with Gasteiger partial charge in [0, 0.05) is 10.8 Å². The number of carbonyl (C=O) groups is 2. The lowest BCUT2D eigenvalue weighted by Crippen LogP contribution is -2.24. The first-order valence-corrected chi connectivity index (χ1v) is 9.32. The number of rotatable bonds is 6. The van der Waals surface area contributed by atoms with Crippen LogP contribution in [0.4, 0.5) is 10.5 Å². The number of thiophene rings is 1. The number of Topliss-reactive ketones (excluding diaryl/α,β-unsaturated/α-hetero) is 1. The monoisotopic (exact) mass is 359 g/mol. The molecule has 25 heavy (non-hydrogen) atoms. The summed E-state index contributed by atoms with van der Waals surface area (Å²) in [5.41, 5.74) is 1.53. The molecule has 1 heterocycles. The molecule has 0 radical (unpaired) electrons. The van der Waals surface area contributed by atoms with Gasteiger partial charge in [0.05, 0.1) is 12.2 Å². The minimum Gasteiger partial charge on any atom is -0.449 e. The Morgan fingerprint density at radius 1 is 1.16 bits per heavy atom. The number of nitrogens with one attached hydrogen (secondary N) is 1. The zero-order valence-electron chi connectivity index (χ0n) is 13.9. The molecule has 1 fully saturated rings. The zero-order chi connectivity index (χ0) is 17.6. The van der Waals surface area contributed by atoms with Gasteiger partial charge in [-0.25, -0.2) is 4.79 Å². The first-order valence-electron chi connectivity index (χ1n) is 8.50. The number of carbonyl (C=O) groups excluding carboxylic acids is 1. The molecular weight excluding hydrogens is 338 g/mol. The second-order valence-electron chi connectivity index (χ2n) is 6.20. The fourth-order valence-electron chi connectivity index (χ4n) is 3.15. The van der Waals surface area contributed by atoms with Crippen LogP contribution in [0.25, 0.3) is 10.4 Å². The third-order valence-corrected chi connectivity index (χ3v) is 5.51. The highest BCUT2D eigenvalue weighted by Gasteiger charge is 2.22. The first kappa shape index (κ1) is 17.5. The van der Waals surface area contributed by atoms with Crippen molar-refractivity contribution in [2.75, 3.05) is 11.9 Å². The Bertz CT molecular complexity index is 735. The van der Waals surface area contributed by atoms with Gasteiger partial charge in [-0.1, -0.05) is 60.9 Å². The molecule has 5 nitrogen and oxygen atoms in total. The predicted molar refractivity (Wildman–Crippen MR) is 98.5 cm³/mol. The van der Waals surface area contributed by atoms with Gasteiger partial charge in [-0.3, -0.25) is 4.79 Å². The highest BCUT2D eigenvalue weighted by atomic mass is 32.1. The third-order valence-electron chi connectivity index (χ3n) is 4.45. The maximum atomic E-state index is 12.4. The molecule has 0 saturated heterocycles. The van der Waals surface area contributed by atoms with Gasteiger partial charge in [0.15, 0.2) is 5.78 Å². The molecule has 132 valence electrons. The van der Waals surface area contributed by atoms with Crippen molar-refractivity contribution < 1.29 is 19.4 Å². The fourth-order valence-corrected chi connectivity index (χ4v) is 4.13. The van der Waals surface area contributed by atoms with Gasteiger partial charge in [-0.05, 0) is 24.5 Å². The smallest absolute Gasteiger partial charge is 0.449 e. The number of ether oxygens (including phenoxy) is 1. The summed E-state index contributed by atoms with van der Waals surface area (Å²) in [6.07, 6.45) is 3.98. The van der Waals surface area contributed by atoms with Crippen LogP contribution in [0.15, 0.2) is 36.4 Å². The van der Waals surface area contributed by atoms with Crippen LogP contribution < -0.4 is 10.1 Å². The van der Waals surface area contributed by atoms with E-state index in [-0.39, 0.29) is 23.3 Å². The minimum atomic E-state index is -1.36. The fraction of sp³-hybridized carbons (Fsp3) is 0.368. The number of hydrogen-bond donors (Lipinski definition) is 2. The number of benzene rings is 1. The summed E-state index contributed by atoms with van der Waals surface area (Å²) in [7, 11) is 0.